The van der Waals surface area contributed by atoms with Gasteiger partial charge < -0.3 is 0 Å². The molecule has 0 radical (unpaired) electrons. The third-order valence-electron chi connectivity index (χ3n) is 10.3. The van der Waals surface area contributed by atoms with Gasteiger partial charge in [-0.05, 0) is 0 Å². The Bertz CT molecular complexity index is 444. The quantitative estimate of drug-likeness (QED) is 0.0451. The second-order valence-corrected chi connectivity index (χ2v) is 20.4. The van der Waals surface area contributed by atoms with Crippen molar-refractivity contribution in [2.45, 2.75) is 268 Å². The molecule has 0 spiro atoms. The Hall–Kier alpha value is 1.06. The zero-order valence-electron chi connectivity index (χ0n) is 34.0. The highest BCUT2D eigenvalue weighted by Gasteiger charge is 2.00. The second kappa shape index (κ2) is 46.1. The first-order valence-electron chi connectivity index (χ1n) is 22.5. The molecule has 46 heavy (non-hydrogen) atoms. The molecule has 0 saturated carbocycles. The summed E-state index contributed by atoms with van der Waals surface area (Å²) in [6.07, 6.45) is 47.6. The minimum atomic E-state index is 0.299. The average Bonchev–Trinajstić information content (AvgIpc) is 3.03. The van der Waals surface area contributed by atoms with E-state index < -0.39 is 0 Å². The van der Waals surface area contributed by atoms with Crippen molar-refractivity contribution in [1.29, 1.82) is 0 Å². The first-order chi connectivity index (χ1) is 22.5. The van der Waals surface area contributed by atoms with Crippen molar-refractivity contribution < 1.29 is 0 Å². The third-order valence-corrected chi connectivity index (χ3v) is 15.4. The molecule has 0 unspecified atom stereocenters. The Morgan fingerprint density at radius 1 is 0.261 bits per heavy atom. The SMILES string of the molecule is CCCCCCCCCCCCCCCCC[CH2][AlH][CH2]C(C)C.CCCCCCCCCCCCCCCCC[CH2][AlH][CH2]C(C)C. The van der Waals surface area contributed by atoms with Crippen molar-refractivity contribution in [2.24, 2.45) is 11.8 Å². The number of rotatable bonds is 38. The van der Waals surface area contributed by atoms with Crippen molar-refractivity contribution in [3.8, 4) is 0 Å². The summed E-state index contributed by atoms with van der Waals surface area (Å²) in [5, 5.41) is 6.35. The average molecular weight is 677 g/mol. The molecule has 0 amide bonds. The lowest BCUT2D eigenvalue weighted by Gasteiger charge is -2.04. The van der Waals surface area contributed by atoms with Gasteiger partial charge in [-0.1, -0.05) is 280 Å². The second-order valence-electron chi connectivity index (χ2n) is 16.4. The highest BCUT2D eigenvalue weighted by Crippen LogP contribution is 2.16. The van der Waals surface area contributed by atoms with E-state index in [0.29, 0.717) is 30.4 Å². The molecule has 0 N–H and O–H groups in total. The normalized spacial score (nSPS) is 11.3. The largest absolute Gasteiger partial charge is 0.237 e. The molecule has 0 nitrogen and oxygen atoms in total. The van der Waals surface area contributed by atoms with Gasteiger partial charge >= 0.3 is 0 Å². The summed E-state index contributed by atoms with van der Waals surface area (Å²) in [7, 11) is 0. The van der Waals surface area contributed by atoms with Gasteiger partial charge in [-0.3, -0.25) is 0 Å². The van der Waals surface area contributed by atoms with E-state index in [9.17, 15) is 0 Å². The molecule has 0 atom stereocenters. The Labute approximate surface area is 308 Å². The maximum atomic E-state index is 2.38. The molecule has 2 heteroatoms. The maximum Gasteiger partial charge on any atom is 0.237 e. The van der Waals surface area contributed by atoms with Crippen molar-refractivity contribution in [3.05, 3.63) is 0 Å². The minimum absolute atomic E-state index is 0.299. The Morgan fingerprint density at radius 3 is 0.609 bits per heavy atom. The molecule has 0 aromatic heterocycles. The fourth-order valence-electron chi connectivity index (χ4n) is 6.91. The van der Waals surface area contributed by atoms with Crippen LogP contribution in [0.25, 0.3) is 0 Å². The lowest BCUT2D eigenvalue weighted by atomic mass is 10.0. The molecule has 0 aromatic rings. The highest BCUT2D eigenvalue weighted by molar-refractivity contribution is 6.35. The predicted molar refractivity (Wildman–Crippen MR) is 222 cm³/mol. The van der Waals surface area contributed by atoms with E-state index in [1.807, 2.05) is 0 Å². The van der Waals surface area contributed by atoms with Gasteiger partial charge in [0.05, 0.1) is 0 Å². The van der Waals surface area contributed by atoms with Crippen LogP contribution in [-0.2, 0) is 0 Å². The fraction of sp³-hybridized carbons (Fsp3) is 1.00. The molecule has 0 aliphatic rings. The van der Waals surface area contributed by atoms with E-state index in [2.05, 4.69) is 41.5 Å². The van der Waals surface area contributed by atoms with E-state index in [4.69, 9.17) is 0 Å². The smallest absolute Gasteiger partial charge is 0.0972 e. The van der Waals surface area contributed by atoms with Crippen LogP contribution >= 0.6 is 0 Å². The number of unbranched alkanes of at least 4 members (excludes halogenated alkanes) is 30. The van der Waals surface area contributed by atoms with Gasteiger partial charge in [0.1, 0.15) is 0 Å². The van der Waals surface area contributed by atoms with E-state index in [0.717, 1.165) is 11.8 Å². The zero-order chi connectivity index (χ0) is 34.0. The molecule has 0 bridgehead atoms. The molecule has 0 aliphatic carbocycles. The van der Waals surface area contributed by atoms with Crippen LogP contribution in [0.1, 0.15) is 247 Å². The van der Waals surface area contributed by atoms with Gasteiger partial charge in [-0.2, -0.15) is 0 Å². The highest BCUT2D eigenvalue weighted by atomic mass is 27.1. The number of hydrogen-bond acceptors (Lipinski definition) is 0. The van der Waals surface area contributed by atoms with Gasteiger partial charge in [0.2, 0.25) is 30.4 Å². The third kappa shape index (κ3) is 51.9. The molecular formula is C44H94Al2. The van der Waals surface area contributed by atoms with Crippen LogP contribution in [0.4, 0.5) is 0 Å². The fourth-order valence-corrected chi connectivity index (χ4v) is 10.5. The van der Waals surface area contributed by atoms with Crippen molar-refractivity contribution in [3.63, 3.8) is 0 Å². The summed E-state index contributed by atoms with van der Waals surface area (Å²) in [5.74, 6) is 1.92. The molecule has 0 fully saturated rings. The van der Waals surface area contributed by atoms with Crippen LogP contribution in [0.5, 0.6) is 0 Å². The van der Waals surface area contributed by atoms with E-state index in [1.165, 1.54) is 205 Å². The minimum Gasteiger partial charge on any atom is -0.0972 e. The van der Waals surface area contributed by atoms with Crippen LogP contribution in [0.3, 0.4) is 0 Å². The van der Waals surface area contributed by atoms with Crippen LogP contribution < -0.4 is 0 Å². The first-order valence-corrected chi connectivity index (χ1v) is 26.5. The van der Waals surface area contributed by atoms with Crippen molar-refractivity contribution in [2.75, 3.05) is 0 Å². The monoisotopic (exact) mass is 677 g/mol. The van der Waals surface area contributed by atoms with E-state index in [1.54, 1.807) is 21.1 Å². The van der Waals surface area contributed by atoms with Gasteiger partial charge in [0, 0.05) is 0 Å². The van der Waals surface area contributed by atoms with Gasteiger partial charge in [0.25, 0.3) is 0 Å². The predicted octanol–water partition coefficient (Wildman–Crippen LogP) is 16.4. The van der Waals surface area contributed by atoms with Gasteiger partial charge in [0.15, 0.2) is 0 Å². The molecular weight excluding hydrogens is 582 g/mol. The first kappa shape index (κ1) is 49.2. The number of hydrogen-bond donors (Lipinski definition) is 0. The lowest BCUT2D eigenvalue weighted by Crippen LogP contribution is -1.95. The standard InChI is InChI=1S/2C18H37.2C4H9.2Al.2H/c2*1-3-5-7-9-11-13-15-17-18-16-14-12-10-8-6-4-2;2*1-4(2)3;;;;/h2*1,3-18H2,2H3;2*4H,1H2,2-3H3;;;;. The molecule has 0 saturated heterocycles. The topological polar surface area (TPSA) is 0 Å². The van der Waals surface area contributed by atoms with Gasteiger partial charge in [-0.25, -0.2) is 0 Å². The molecule has 0 aromatic carbocycles. The summed E-state index contributed by atoms with van der Waals surface area (Å²) in [6, 6.07) is 0. The van der Waals surface area contributed by atoms with Crippen LogP contribution in [-0.4, -0.2) is 30.4 Å². The van der Waals surface area contributed by atoms with Gasteiger partial charge in [-0.15, -0.1) is 0 Å². The van der Waals surface area contributed by atoms with Crippen LogP contribution in [0, 0.1) is 11.8 Å². The molecule has 0 aliphatic heterocycles. The van der Waals surface area contributed by atoms with Crippen molar-refractivity contribution >= 4 is 30.4 Å². The molecule has 0 heterocycles. The van der Waals surface area contributed by atoms with E-state index >= 15 is 0 Å². The molecule has 276 valence electrons. The van der Waals surface area contributed by atoms with Crippen LogP contribution in [0.15, 0.2) is 0 Å². The Kier molecular flexibility index (Phi) is 49.2. The van der Waals surface area contributed by atoms with Crippen molar-refractivity contribution in [1.82, 2.24) is 0 Å². The molecule has 0 rings (SSSR count). The summed E-state index contributed by atoms with van der Waals surface area (Å²) in [5.41, 5.74) is 0. The zero-order valence-corrected chi connectivity index (χ0v) is 36.9. The summed E-state index contributed by atoms with van der Waals surface area (Å²) >= 11 is 0.598. The Morgan fingerprint density at radius 2 is 0.435 bits per heavy atom. The van der Waals surface area contributed by atoms with Crippen LogP contribution in [0.2, 0.25) is 21.1 Å². The summed E-state index contributed by atoms with van der Waals surface area (Å²) in [4.78, 5) is 0. The maximum absolute atomic E-state index is 2.38. The summed E-state index contributed by atoms with van der Waals surface area (Å²) < 4.78 is 0. The summed E-state index contributed by atoms with van der Waals surface area (Å²) in [6.45, 7) is 14.1. The van der Waals surface area contributed by atoms with E-state index in [-0.39, 0.29) is 0 Å². The lowest BCUT2D eigenvalue weighted by molar-refractivity contribution is 0.531. The Balaban J connectivity index is 0.